The van der Waals surface area contributed by atoms with Gasteiger partial charge in [-0.15, -0.1) is 0 Å². The van der Waals surface area contributed by atoms with Crippen molar-refractivity contribution in [3.05, 3.63) is 0 Å². The van der Waals surface area contributed by atoms with Crippen LogP contribution in [0.25, 0.3) is 0 Å². The predicted molar refractivity (Wildman–Crippen MR) is 42.8 cm³/mol. The Morgan fingerprint density at radius 2 is 2.00 bits per heavy atom. The Kier molecular flexibility index (Phi) is 1.48. The molecule has 1 aliphatic heterocycles. The van der Waals surface area contributed by atoms with Crippen LogP contribution in [-0.2, 0) is 14.0 Å². The molecule has 0 aromatic heterocycles. The Balaban J connectivity index is 2.29. The lowest BCUT2D eigenvalue weighted by Gasteiger charge is -2.55. The summed E-state index contributed by atoms with van der Waals surface area (Å²) in [7, 11) is 1.28. The monoisotopic (exact) mass is 209 g/mol. The van der Waals surface area contributed by atoms with E-state index in [-0.39, 0.29) is 5.91 Å². The summed E-state index contributed by atoms with van der Waals surface area (Å²) in [5.74, 6) is -0.371. The van der Waals surface area contributed by atoms with Gasteiger partial charge in [-0.1, -0.05) is 0 Å². The molecule has 0 unspecified atom stereocenters. The molecule has 0 aromatic rings. The van der Waals surface area contributed by atoms with Crippen molar-refractivity contribution in [3.63, 3.8) is 0 Å². The molecule has 12 heavy (non-hydrogen) atoms. The fourth-order valence-electron chi connectivity index (χ4n) is 1.92. The maximum absolute atomic E-state index is 10.9. The molecule has 2 aliphatic rings. The van der Waals surface area contributed by atoms with Crippen LogP contribution in [0.3, 0.4) is 0 Å². The molecule has 1 aliphatic carbocycles. The van der Waals surface area contributed by atoms with Gasteiger partial charge in [-0.3, -0.25) is 4.79 Å². The fourth-order valence-corrected chi connectivity index (χ4v) is 3.60. The van der Waals surface area contributed by atoms with Gasteiger partial charge in [0.15, 0.2) is 0 Å². The van der Waals surface area contributed by atoms with Crippen molar-refractivity contribution in [2.24, 2.45) is 0 Å². The molecule has 0 bridgehead atoms. The molecule has 2 rings (SSSR count). The summed E-state index contributed by atoms with van der Waals surface area (Å²) >= 11 is 0. The van der Waals surface area contributed by atoms with E-state index < -0.39 is 14.8 Å². The van der Waals surface area contributed by atoms with Crippen molar-refractivity contribution in [2.45, 2.75) is 31.2 Å². The first-order chi connectivity index (χ1) is 5.46. The van der Waals surface area contributed by atoms with Gasteiger partial charge >= 0.3 is 9.24 Å². The molecule has 4 nitrogen and oxygen atoms in total. The van der Waals surface area contributed by atoms with E-state index >= 15 is 0 Å². The SMILES string of the molecule is O=C1CC2(CCC2)N1S(=O)(=O)Cl. The van der Waals surface area contributed by atoms with Crippen molar-refractivity contribution < 1.29 is 13.2 Å². The van der Waals surface area contributed by atoms with Gasteiger partial charge in [0.2, 0.25) is 5.91 Å². The Morgan fingerprint density at radius 1 is 1.42 bits per heavy atom. The molecule has 0 aromatic carbocycles. The van der Waals surface area contributed by atoms with Crippen LogP contribution in [0.5, 0.6) is 0 Å². The second-order valence-electron chi connectivity index (χ2n) is 3.35. The molecule has 2 fully saturated rings. The maximum atomic E-state index is 10.9. The quantitative estimate of drug-likeness (QED) is 0.470. The summed E-state index contributed by atoms with van der Waals surface area (Å²) in [4.78, 5) is 10.9. The lowest BCUT2D eigenvalue weighted by molar-refractivity contribution is -0.151. The first-order valence-corrected chi connectivity index (χ1v) is 6.00. The fraction of sp³-hybridized carbons (Fsp3) is 0.833. The van der Waals surface area contributed by atoms with Gasteiger partial charge in [0, 0.05) is 10.7 Å². The number of carbonyl (C=O) groups excluding carboxylic acids is 1. The van der Waals surface area contributed by atoms with E-state index in [4.69, 9.17) is 10.7 Å². The summed E-state index contributed by atoms with van der Waals surface area (Å²) in [6, 6.07) is 0. The zero-order valence-corrected chi connectivity index (χ0v) is 7.86. The van der Waals surface area contributed by atoms with Crippen molar-refractivity contribution in [1.29, 1.82) is 0 Å². The molecule has 0 N–H and O–H groups in total. The van der Waals surface area contributed by atoms with Crippen LogP contribution in [0.4, 0.5) is 0 Å². The smallest absolute Gasteiger partial charge is 0.274 e. The van der Waals surface area contributed by atoms with Gasteiger partial charge in [0.1, 0.15) is 0 Å². The minimum absolute atomic E-state index is 0.346. The van der Waals surface area contributed by atoms with Crippen LogP contribution >= 0.6 is 10.7 Å². The topological polar surface area (TPSA) is 54.5 Å². The predicted octanol–water partition coefficient (Wildman–Crippen LogP) is 0.625. The van der Waals surface area contributed by atoms with Gasteiger partial charge in [0.25, 0.3) is 0 Å². The molecule has 0 radical (unpaired) electrons. The maximum Gasteiger partial charge on any atom is 0.324 e. The van der Waals surface area contributed by atoms with E-state index in [1.807, 2.05) is 0 Å². The minimum Gasteiger partial charge on any atom is -0.274 e. The number of rotatable bonds is 1. The van der Waals surface area contributed by atoms with Gasteiger partial charge in [-0.2, -0.15) is 8.42 Å². The highest BCUT2D eigenvalue weighted by Crippen LogP contribution is 2.49. The molecule has 1 saturated carbocycles. The van der Waals surface area contributed by atoms with Crippen molar-refractivity contribution in [2.75, 3.05) is 0 Å². The van der Waals surface area contributed by atoms with E-state index in [0.29, 0.717) is 6.42 Å². The van der Waals surface area contributed by atoms with Gasteiger partial charge in [-0.05, 0) is 19.3 Å². The normalized spacial score (nSPS) is 26.8. The summed E-state index contributed by atoms with van der Waals surface area (Å²) < 4.78 is 22.6. The average molecular weight is 210 g/mol. The Hall–Kier alpha value is -0.290. The van der Waals surface area contributed by atoms with Crippen molar-refractivity contribution in [1.82, 2.24) is 4.31 Å². The van der Waals surface area contributed by atoms with Gasteiger partial charge in [0.05, 0.1) is 12.0 Å². The lowest BCUT2D eigenvalue weighted by Crippen LogP contribution is -2.67. The molecule has 68 valence electrons. The van der Waals surface area contributed by atoms with Crippen LogP contribution < -0.4 is 0 Å². The molecular weight excluding hydrogens is 202 g/mol. The van der Waals surface area contributed by atoms with E-state index in [1.165, 1.54) is 0 Å². The van der Waals surface area contributed by atoms with E-state index in [2.05, 4.69) is 0 Å². The zero-order chi connectivity index (χ0) is 8.98. The Morgan fingerprint density at radius 3 is 2.17 bits per heavy atom. The highest BCUT2D eigenvalue weighted by molar-refractivity contribution is 8.12. The van der Waals surface area contributed by atoms with Crippen LogP contribution in [0, 0.1) is 0 Å². The van der Waals surface area contributed by atoms with E-state index in [9.17, 15) is 13.2 Å². The number of amides is 1. The molecule has 1 saturated heterocycles. The van der Waals surface area contributed by atoms with E-state index in [0.717, 1.165) is 23.6 Å². The molecule has 1 amide bonds. The van der Waals surface area contributed by atoms with Crippen LogP contribution in [0.15, 0.2) is 0 Å². The third kappa shape index (κ3) is 0.894. The number of carbonyl (C=O) groups is 1. The van der Waals surface area contributed by atoms with Crippen molar-refractivity contribution >= 4 is 25.8 Å². The zero-order valence-electron chi connectivity index (χ0n) is 6.29. The second-order valence-corrected chi connectivity index (χ2v) is 5.71. The van der Waals surface area contributed by atoms with Crippen LogP contribution in [0.1, 0.15) is 25.7 Å². The second kappa shape index (κ2) is 2.14. The first kappa shape index (κ1) is 8.31. The highest BCUT2D eigenvalue weighted by atomic mass is 35.7. The molecule has 6 heteroatoms. The van der Waals surface area contributed by atoms with Gasteiger partial charge < -0.3 is 0 Å². The summed E-state index contributed by atoms with van der Waals surface area (Å²) in [5, 5.41) is 0. The molecular formula is C6H8ClNO3S. The standard InChI is InChI=1S/C6H8ClNO3S/c7-12(10,11)8-5(9)4-6(8)2-1-3-6/h1-4H2. The summed E-state index contributed by atoms with van der Waals surface area (Å²) in [6.07, 6.45) is 2.87. The number of nitrogens with zero attached hydrogens (tertiary/aromatic N) is 1. The van der Waals surface area contributed by atoms with Gasteiger partial charge in [-0.25, -0.2) is 4.31 Å². The number of hydrogen-bond donors (Lipinski definition) is 0. The molecule has 0 atom stereocenters. The van der Waals surface area contributed by atoms with Crippen molar-refractivity contribution in [3.8, 4) is 0 Å². The summed E-state index contributed by atoms with van der Waals surface area (Å²) in [6.45, 7) is 0. The third-order valence-corrected chi connectivity index (χ3v) is 4.08. The summed E-state index contributed by atoms with van der Waals surface area (Å²) in [5.41, 5.74) is -0.419. The number of hydrogen-bond acceptors (Lipinski definition) is 3. The molecule has 1 heterocycles. The molecule has 1 spiro atoms. The first-order valence-electron chi connectivity index (χ1n) is 3.74. The Bertz CT molecular complexity index is 333. The number of halogens is 1. The van der Waals surface area contributed by atoms with Crippen LogP contribution in [0.2, 0.25) is 0 Å². The third-order valence-electron chi connectivity index (χ3n) is 2.64. The average Bonchev–Trinajstić information content (AvgIpc) is 1.72. The van der Waals surface area contributed by atoms with Crippen LogP contribution in [-0.4, -0.2) is 24.2 Å². The number of β-lactam (4-membered cyclic amide) rings is 1. The highest BCUT2D eigenvalue weighted by Gasteiger charge is 2.59. The minimum atomic E-state index is -3.83. The Labute approximate surface area is 75.0 Å². The lowest BCUT2D eigenvalue weighted by atomic mass is 9.69. The van der Waals surface area contributed by atoms with E-state index in [1.54, 1.807) is 0 Å². The largest absolute Gasteiger partial charge is 0.324 e.